The molecule has 0 aliphatic rings. The molecule has 0 spiro atoms. The topological polar surface area (TPSA) is 62.3 Å². The van der Waals surface area contributed by atoms with Crippen molar-refractivity contribution in [1.29, 1.82) is 0 Å². The van der Waals surface area contributed by atoms with Gasteiger partial charge in [0.25, 0.3) is 0 Å². The number of aromatic nitrogens is 2. The second kappa shape index (κ2) is 7.55. The molecule has 0 unspecified atom stereocenters. The van der Waals surface area contributed by atoms with E-state index >= 15 is 0 Å². The number of para-hydroxylation sites is 2. The van der Waals surface area contributed by atoms with Crippen LogP contribution in [-0.4, -0.2) is 22.8 Å². The molecule has 1 heterocycles. The van der Waals surface area contributed by atoms with Crippen molar-refractivity contribution < 1.29 is 4.74 Å². The van der Waals surface area contributed by atoms with E-state index in [-0.39, 0.29) is 0 Å². The van der Waals surface area contributed by atoms with Crippen LogP contribution in [0.25, 0.3) is 11.0 Å². The molecule has 0 saturated heterocycles. The number of hydrogen-bond donors (Lipinski definition) is 2. The van der Waals surface area contributed by atoms with Crippen molar-refractivity contribution in [2.75, 3.05) is 12.0 Å². The molecular weight excluding hydrogens is 347 g/mol. The zero-order valence-corrected chi connectivity index (χ0v) is 14.5. The number of nitrogens with zero attached hydrogens (tertiary/aromatic N) is 2. The van der Waals surface area contributed by atoms with Crippen LogP contribution in [0.15, 0.2) is 41.5 Å². The highest BCUT2D eigenvalue weighted by atomic mass is 35.5. The number of hydrogen-bond acceptors (Lipinski definition) is 4. The molecule has 0 aliphatic heterocycles. The van der Waals surface area contributed by atoms with Gasteiger partial charge < -0.3 is 9.72 Å². The normalized spacial score (nSPS) is 11.3. The predicted octanol–water partition coefficient (Wildman–Crippen LogP) is 5.10. The van der Waals surface area contributed by atoms with Crippen LogP contribution in [0.1, 0.15) is 18.9 Å². The van der Waals surface area contributed by atoms with Crippen molar-refractivity contribution in [2.45, 2.75) is 13.3 Å². The fraction of sp³-hybridized carbons (Fsp3) is 0.176. The second-order valence-corrected chi connectivity index (χ2v) is 5.95. The summed E-state index contributed by atoms with van der Waals surface area (Å²) in [6.45, 7) is 2.59. The number of halogens is 2. The Balaban J connectivity index is 1.72. The third kappa shape index (κ3) is 3.80. The van der Waals surface area contributed by atoms with Gasteiger partial charge in [-0.25, -0.2) is 10.4 Å². The van der Waals surface area contributed by atoms with E-state index in [4.69, 9.17) is 27.9 Å². The Labute approximate surface area is 149 Å². The number of benzene rings is 2. The van der Waals surface area contributed by atoms with Gasteiger partial charge >= 0.3 is 0 Å². The number of rotatable bonds is 6. The van der Waals surface area contributed by atoms with E-state index in [2.05, 4.69) is 20.5 Å². The van der Waals surface area contributed by atoms with E-state index in [1.807, 2.05) is 31.2 Å². The molecule has 2 N–H and O–H groups in total. The summed E-state index contributed by atoms with van der Waals surface area (Å²) in [4.78, 5) is 7.50. The molecule has 0 aliphatic carbocycles. The minimum atomic E-state index is 0.459. The molecule has 0 saturated carbocycles. The highest BCUT2D eigenvalue weighted by Crippen LogP contribution is 2.33. The number of nitrogens with one attached hydrogen (secondary N) is 2. The molecule has 2 aromatic carbocycles. The van der Waals surface area contributed by atoms with Crippen LogP contribution >= 0.6 is 23.2 Å². The number of H-pyrrole nitrogens is 1. The van der Waals surface area contributed by atoms with Gasteiger partial charge in [-0.3, -0.25) is 0 Å². The van der Waals surface area contributed by atoms with Crippen LogP contribution in [-0.2, 0) is 0 Å². The van der Waals surface area contributed by atoms with Crippen LogP contribution in [0.5, 0.6) is 5.75 Å². The minimum absolute atomic E-state index is 0.459. The Morgan fingerprint density at radius 1 is 1.25 bits per heavy atom. The maximum atomic E-state index is 6.21. The molecule has 3 aromatic rings. The van der Waals surface area contributed by atoms with Crippen LogP contribution in [0.4, 0.5) is 5.95 Å². The highest BCUT2D eigenvalue weighted by Gasteiger charge is 2.09. The molecule has 24 heavy (non-hydrogen) atoms. The van der Waals surface area contributed by atoms with Crippen LogP contribution in [0.3, 0.4) is 0 Å². The third-order valence-corrected chi connectivity index (χ3v) is 3.81. The van der Waals surface area contributed by atoms with Crippen molar-refractivity contribution in [3.8, 4) is 5.75 Å². The first-order valence-electron chi connectivity index (χ1n) is 7.53. The third-order valence-electron chi connectivity index (χ3n) is 3.24. The Kier molecular flexibility index (Phi) is 5.23. The van der Waals surface area contributed by atoms with E-state index < -0.39 is 0 Å². The molecule has 7 heteroatoms. The lowest BCUT2D eigenvalue weighted by Crippen LogP contribution is -1.98. The lowest BCUT2D eigenvalue weighted by Gasteiger charge is -2.09. The predicted molar refractivity (Wildman–Crippen MR) is 99.6 cm³/mol. The van der Waals surface area contributed by atoms with Gasteiger partial charge in [0.05, 0.1) is 33.9 Å². The number of ether oxygens (including phenoxy) is 1. The Hall–Kier alpha value is -2.24. The van der Waals surface area contributed by atoms with Gasteiger partial charge in [0, 0.05) is 0 Å². The van der Waals surface area contributed by atoms with Gasteiger partial charge in [-0.05, 0) is 36.2 Å². The van der Waals surface area contributed by atoms with E-state index in [0.29, 0.717) is 28.3 Å². The van der Waals surface area contributed by atoms with Crippen molar-refractivity contribution in [2.24, 2.45) is 5.10 Å². The summed E-state index contributed by atoms with van der Waals surface area (Å²) in [6, 6.07) is 11.3. The maximum Gasteiger partial charge on any atom is 0.222 e. The molecule has 1 aromatic heterocycles. The number of anilines is 1. The SMILES string of the molecule is CCCOc1c(Cl)cc(/C=N\Nc2nc3ccccc3[nH]2)cc1Cl. The first kappa shape index (κ1) is 16.6. The average Bonchev–Trinajstić information content (AvgIpc) is 2.97. The minimum Gasteiger partial charge on any atom is -0.490 e. The summed E-state index contributed by atoms with van der Waals surface area (Å²) < 4.78 is 5.54. The fourth-order valence-electron chi connectivity index (χ4n) is 2.17. The molecule has 0 radical (unpaired) electrons. The summed E-state index contributed by atoms with van der Waals surface area (Å²) in [6.07, 6.45) is 2.51. The van der Waals surface area contributed by atoms with Crippen molar-refractivity contribution in [3.05, 3.63) is 52.0 Å². The van der Waals surface area contributed by atoms with Gasteiger partial charge in [0.1, 0.15) is 0 Å². The molecule has 0 bridgehead atoms. The lowest BCUT2D eigenvalue weighted by atomic mass is 10.2. The van der Waals surface area contributed by atoms with Crippen molar-refractivity contribution in [3.63, 3.8) is 0 Å². The zero-order chi connectivity index (χ0) is 16.9. The smallest absolute Gasteiger partial charge is 0.222 e. The molecule has 0 amide bonds. The largest absolute Gasteiger partial charge is 0.490 e. The zero-order valence-electron chi connectivity index (χ0n) is 13.0. The lowest BCUT2D eigenvalue weighted by molar-refractivity contribution is 0.318. The molecule has 5 nitrogen and oxygen atoms in total. The molecule has 0 atom stereocenters. The summed E-state index contributed by atoms with van der Waals surface area (Å²) in [5, 5.41) is 5.07. The first-order valence-corrected chi connectivity index (χ1v) is 8.28. The Morgan fingerprint density at radius 3 is 2.71 bits per heavy atom. The van der Waals surface area contributed by atoms with E-state index in [0.717, 1.165) is 23.0 Å². The maximum absolute atomic E-state index is 6.21. The second-order valence-electron chi connectivity index (χ2n) is 5.13. The van der Waals surface area contributed by atoms with Gasteiger partial charge in [0.15, 0.2) is 5.75 Å². The van der Waals surface area contributed by atoms with Crippen LogP contribution in [0, 0.1) is 0 Å². The number of aromatic amines is 1. The molecular formula is C17H16Cl2N4O. The molecule has 3 rings (SSSR count). The average molecular weight is 363 g/mol. The van der Waals surface area contributed by atoms with Gasteiger partial charge in [-0.15, -0.1) is 0 Å². The molecule has 124 valence electrons. The Bertz CT molecular complexity index is 820. The van der Waals surface area contributed by atoms with Gasteiger partial charge in [0.2, 0.25) is 5.95 Å². The monoisotopic (exact) mass is 362 g/mol. The van der Waals surface area contributed by atoms with Crippen LogP contribution < -0.4 is 10.2 Å². The van der Waals surface area contributed by atoms with E-state index in [1.165, 1.54) is 0 Å². The first-order chi connectivity index (χ1) is 11.7. The highest BCUT2D eigenvalue weighted by molar-refractivity contribution is 6.37. The quantitative estimate of drug-likeness (QED) is 0.473. The van der Waals surface area contributed by atoms with Gasteiger partial charge in [-0.2, -0.15) is 5.10 Å². The van der Waals surface area contributed by atoms with Crippen LogP contribution in [0.2, 0.25) is 10.0 Å². The summed E-state index contributed by atoms with van der Waals surface area (Å²) in [7, 11) is 0. The number of imidazole rings is 1. The fourth-order valence-corrected chi connectivity index (χ4v) is 2.78. The standard InChI is InChI=1S/C17H16Cl2N4O/c1-2-7-24-16-12(18)8-11(9-13(16)19)10-20-23-17-21-14-5-3-4-6-15(14)22-17/h3-6,8-10H,2,7H2,1H3,(H2,21,22,23)/b20-10-. The van der Waals surface area contributed by atoms with E-state index in [1.54, 1.807) is 18.3 Å². The van der Waals surface area contributed by atoms with Crippen molar-refractivity contribution >= 4 is 46.4 Å². The molecule has 0 fully saturated rings. The summed E-state index contributed by atoms with van der Waals surface area (Å²) in [5.41, 5.74) is 5.43. The van der Waals surface area contributed by atoms with Gasteiger partial charge in [-0.1, -0.05) is 42.3 Å². The van der Waals surface area contributed by atoms with Crippen molar-refractivity contribution in [1.82, 2.24) is 9.97 Å². The number of hydrazone groups is 1. The number of fused-ring (bicyclic) bond motifs is 1. The summed E-state index contributed by atoms with van der Waals surface area (Å²) >= 11 is 12.4. The Morgan fingerprint density at radius 2 is 2.00 bits per heavy atom. The summed E-state index contributed by atoms with van der Waals surface area (Å²) in [5.74, 6) is 1.06. The van der Waals surface area contributed by atoms with E-state index in [9.17, 15) is 0 Å².